The number of nitrogens with zero attached hydrogens (tertiary/aromatic N) is 2. The molecule has 1 amide bonds. The van der Waals surface area contributed by atoms with Crippen LogP contribution in [0.5, 0.6) is 0 Å². The molecule has 0 radical (unpaired) electrons. The highest BCUT2D eigenvalue weighted by Gasteiger charge is 2.23. The van der Waals surface area contributed by atoms with E-state index in [-0.39, 0.29) is 11.6 Å². The summed E-state index contributed by atoms with van der Waals surface area (Å²) in [6.07, 6.45) is 3.76. The Hall–Kier alpha value is -2.67. The van der Waals surface area contributed by atoms with Gasteiger partial charge in [-0.25, -0.2) is 9.48 Å². The Kier molecular flexibility index (Phi) is 4.38. The van der Waals surface area contributed by atoms with Gasteiger partial charge in [0.15, 0.2) is 5.69 Å². The van der Waals surface area contributed by atoms with Gasteiger partial charge < -0.3 is 15.2 Å². The molecule has 2 N–H and O–H groups in total. The van der Waals surface area contributed by atoms with Crippen molar-refractivity contribution >= 4 is 17.6 Å². The van der Waals surface area contributed by atoms with Gasteiger partial charge in [0, 0.05) is 12.8 Å². The van der Waals surface area contributed by atoms with Crippen molar-refractivity contribution in [3.63, 3.8) is 0 Å². The van der Waals surface area contributed by atoms with Crippen LogP contribution in [0.25, 0.3) is 5.69 Å². The molecule has 1 atom stereocenters. The normalized spacial score (nSPS) is 17.7. The molecule has 0 unspecified atom stereocenters. The predicted octanol–water partition coefficient (Wildman–Crippen LogP) is 2.08. The number of carbonyl (C=O) groups is 2. The lowest BCUT2D eigenvalue weighted by Crippen LogP contribution is -2.33. The number of anilines is 1. The number of para-hydroxylation sites is 2. The summed E-state index contributed by atoms with van der Waals surface area (Å²) in [6.45, 7) is 0.598. The zero-order chi connectivity index (χ0) is 16.2. The first-order chi connectivity index (χ1) is 11.1. The van der Waals surface area contributed by atoms with Crippen LogP contribution in [0.1, 0.15) is 29.8 Å². The summed E-state index contributed by atoms with van der Waals surface area (Å²) < 4.78 is 6.91. The summed E-state index contributed by atoms with van der Waals surface area (Å²) in [5.74, 6) is -1.29. The molecule has 23 heavy (non-hydrogen) atoms. The molecular weight excluding hydrogens is 298 g/mol. The number of hydrogen-bond donors (Lipinski definition) is 2. The minimum Gasteiger partial charge on any atom is -0.476 e. The Bertz CT molecular complexity index is 720. The average molecular weight is 315 g/mol. The molecule has 1 aliphatic rings. The molecule has 0 aliphatic carbocycles. The zero-order valence-corrected chi connectivity index (χ0v) is 12.4. The largest absolute Gasteiger partial charge is 0.476 e. The SMILES string of the molecule is O=C(O)c1ccn(-c2ccccc2NC(=O)[C@H]2CCCCO2)n1. The zero-order valence-electron chi connectivity index (χ0n) is 12.4. The fourth-order valence-corrected chi connectivity index (χ4v) is 2.51. The molecule has 0 spiro atoms. The second-order valence-corrected chi connectivity index (χ2v) is 5.31. The quantitative estimate of drug-likeness (QED) is 0.901. The Morgan fingerprint density at radius 1 is 1.26 bits per heavy atom. The standard InChI is InChI=1S/C16H17N3O4/c20-15(14-7-3-4-10-23-14)17-11-5-1-2-6-13(11)19-9-8-12(18-19)16(21)22/h1-2,5-6,8-9,14H,3-4,7,10H2,(H,17,20)(H,21,22)/t14-/m1/s1. The van der Waals surface area contributed by atoms with Gasteiger partial charge in [-0.05, 0) is 37.5 Å². The van der Waals surface area contributed by atoms with Crippen molar-refractivity contribution in [3.8, 4) is 5.69 Å². The molecule has 7 nitrogen and oxygen atoms in total. The van der Waals surface area contributed by atoms with Gasteiger partial charge in [-0.1, -0.05) is 12.1 Å². The number of aromatic carboxylic acids is 1. The molecule has 0 saturated carbocycles. The molecule has 1 fully saturated rings. The van der Waals surface area contributed by atoms with E-state index in [1.54, 1.807) is 30.5 Å². The van der Waals surface area contributed by atoms with E-state index in [1.165, 1.54) is 10.7 Å². The minimum absolute atomic E-state index is 0.0539. The van der Waals surface area contributed by atoms with Crippen molar-refractivity contribution in [2.24, 2.45) is 0 Å². The first-order valence-corrected chi connectivity index (χ1v) is 7.46. The smallest absolute Gasteiger partial charge is 0.356 e. The molecule has 0 bridgehead atoms. The predicted molar refractivity (Wildman–Crippen MR) is 82.7 cm³/mol. The number of ether oxygens (including phenoxy) is 1. The van der Waals surface area contributed by atoms with E-state index in [1.807, 2.05) is 0 Å². The third-order valence-corrected chi connectivity index (χ3v) is 3.69. The number of rotatable bonds is 4. The lowest BCUT2D eigenvalue weighted by Gasteiger charge is -2.22. The highest BCUT2D eigenvalue weighted by molar-refractivity contribution is 5.96. The molecule has 1 aromatic carbocycles. The van der Waals surface area contributed by atoms with Crippen molar-refractivity contribution in [3.05, 3.63) is 42.2 Å². The van der Waals surface area contributed by atoms with Gasteiger partial charge in [0.25, 0.3) is 5.91 Å². The molecule has 1 aliphatic heterocycles. The van der Waals surface area contributed by atoms with Crippen LogP contribution in [-0.2, 0) is 9.53 Å². The summed E-state index contributed by atoms with van der Waals surface area (Å²) in [5, 5.41) is 15.8. The monoisotopic (exact) mass is 315 g/mol. The minimum atomic E-state index is -1.10. The van der Waals surface area contributed by atoms with E-state index in [2.05, 4.69) is 10.4 Å². The van der Waals surface area contributed by atoms with Gasteiger partial charge in [0.05, 0.1) is 11.4 Å². The number of hydrogen-bond acceptors (Lipinski definition) is 4. The number of amides is 1. The molecule has 1 saturated heterocycles. The number of carbonyl (C=O) groups excluding carboxylic acids is 1. The third kappa shape index (κ3) is 3.40. The number of carboxylic acid groups (broad SMARTS) is 1. The number of carboxylic acids is 1. The highest BCUT2D eigenvalue weighted by atomic mass is 16.5. The Morgan fingerprint density at radius 3 is 2.78 bits per heavy atom. The van der Waals surface area contributed by atoms with E-state index in [0.29, 0.717) is 24.4 Å². The molecular formula is C16H17N3O4. The van der Waals surface area contributed by atoms with E-state index >= 15 is 0 Å². The Balaban J connectivity index is 1.82. The molecule has 2 heterocycles. The fourth-order valence-electron chi connectivity index (χ4n) is 2.51. The second-order valence-electron chi connectivity index (χ2n) is 5.31. The van der Waals surface area contributed by atoms with Crippen molar-refractivity contribution in [1.82, 2.24) is 9.78 Å². The number of nitrogens with one attached hydrogen (secondary N) is 1. The maximum atomic E-state index is 12.3. The summed E-state index contributed by atoms with van der Waals surface area (Å²) in [4.78, 5) is 23.3. The van der Waals surface area contributed by atoms with E-state index < -0.39 is 12.1 Å². The van der Waals surface area contributed by atoms with Crippen LogP contribution >= 0.6 is 0 Å². The van der Waals surface area contributed by atoms with Crippen LogP contribution in [0.2, 0.25) is 0 Å². The highest BCUT2D eigenvalue weighted by Crippen LogP contribution is 2.21. The lowest BCUT2D eigenvalue weighted by atomic mass is 10.1. The topological polar surface area (TPSA) is 93.5 Å². The van der Waals surface area contributed by atoms with Gasteiger partial charge in [-0.2, -0.15) is 5.10 Å². The second kappa shape index (κ2) is 6.62. The third-order valence-electron chi connectivity index (χ3n) is 3.69. The summed E-state index contributed by atoms with van der Waals surface area (Å²) in [5.41, 5.74) is 1.11. The van der Waals surface area contributed by atoms with Crippen molar-refractivity contribution in [2.75, 3.05) is 11.9 Å². The first kappa shape index (κ1) is 15.2. The summed E-state index contributed by atoms with van der Waals surface area (Å²) in [7, 11) is 0. The Morgan fingerprint density at radius 2 is 2.09 bits per heavy atom. The molecule has 2 aromatic rings. The summed E-state index contributed by atoms with van der Waals surface area (Å²) >= 11 is 0. The van der Waals surface area contributed by atoms with Gasteiger partial charge in [0.1, 0.15) is 6.10 Å². The van der Waals surface area contributed by atoms with Crippen LogP contribution in [-0.4, -0.2) is 39.5 Å². The lowest BCUT2D eigenvalue weighted by molar-refractivity contribution is -0.129. The molecule has 3 rings (SSSR count). The van der Waals surface area contributed by atoms with E-state index in [0.717, 1.165) is 12.8 Å². The number of benzene rings is 1. The van der Waals surface area contributed by atoms with Gasteiger partial charge in [0.2, 0.25) is 0 Å². The van der Waals surface area contributed by atoms with Crippen LogP contribution < -0.4 is 5.32 Å². The maximum Gasteiger partial charge on any atom is 0.356 e. The summed E-state index contributed by atoms with van der Waals surface area (Å²) in [6, 6.07) is 8.51. The van der Waals surface area contributed by atoms with Crippen LogP contribution in [0.15, 0.2) is 36.5 Å². The molecule has 1 aromatic heterocycles. The molecule has 120 valence electrons. The van der Waals surface area contributed by atoms with Gasteiger partial charge >= 0.3 is 5.97 Å². The average Bonchev–Trinajstić information content (AvgIpc) is 3.06. The molecule has 7 heteroatoms. The van der Waals surface area contributed by atoms with Gasteiger partial charge in [-0.15, -0.1) is 0 Å². The number of aromatic nitrogens is 2. The maximum absolute atomic E-state index is 12.3. The van der Waals surface area contributed by atoms with Crippen molar-refractivity contribution in [2.45, 2.75) is 25.4 Å². The Labute approximate surface area is 132 Å². The fraction of sp³-hybridized carbons (Fsp3) is 0.312. The van der Waals surface area contributed by atoms with Gasteiger partial charge in [-0.3, -0.25) is 4.79 Å². The van der Waals surface area contributed by atoms with Crippen LogP contribution in [0.3, 0.4) is 0 Å². The van der Waals surface area contributed by atoms with E-state index in [9.17, 15) is 9.59 Å². The first-order valence-electron chi connectivity index (χ1n) is 7.46. The van der Waals surface area contributed by atoms with Crippen molar-refractivity contribution in [1.29, 1.82) is 0 Å². The van der Waals surface area contributed by atoms with E-state index in [4.69, 9.17) is 9.84 Å². The van der Waals surface area contributed by atoms with Crippen LogP contribution in [0, 0.1) is 0 Å². The van der Waals surface area contributed by atoms with Crippen LogP contribution in [0.4, 0.5) is 5.69 Å². The van der Waals surface area contributed by atoms with Crippen molar-refractivity contribution < 1.29 is 19.4 Å².